The molecule has 1 atom stereocenters. The van der Waals surface area contributed by atoms with Crippen LogP contribution in [0.5, 0.6) is 5.75 Å². The summed E-state index contributed by atoms with van der Waals surface area (Å²) in [7, 11) is 1.37. The molecule has 1 aromatic carbocycles. The number of amides is 1. The molecule has 0 aliphatic carbocycles. The number of carbonyl (C=O) groups excluding carboxylic acids is 1. The fourth-order valence-electron chi connectivity index (χ4n) is 3.61. The predicted molar refractivity (Wildman–Crippen MR) is 102 cm³/mol. The maximum atomic E-state index is 12.6. The Hall–Kier alpha value is -2.19. The number of nitro benzene ring substituents is 1. The fraction of sp³-hybridized carbons (Fsp3) is 0.632. The maximum absolute atomic E-state index is 12.6. The van der Waals surface area contributed by atoms with Gasteiger partial charge in [-0.1, -0.05) is 26.7 Å². The highest BCUT2D eigenvalue weighted by Gasteiger charge is 2.27. The standard InChI is InChI=1S/C19H29N3O5/c1-4-14(5-2)17(21-8-10-27-11-9-21)13-20-19(23)15-6-7-18(26-3)16(12-15)22(24)25/h6-7,12,14,17H,4-5,8-11,13H2,1-3H3,(H,20,23). The van der Waals surface area contributed by atoms with Crippen molar-refractivity contribution < 1.29 is 19.2 Å². The zero-order valence-electron chi connectivity index (χ0n) is 16.3. The van der Waals surface area contributed by atoms with Crippen LogP contribution in [0.3, 0.4) is 0 Å². The third-order valence-corrected chi connectivity index (χ3v) is 5.22. The average Bonchev–Trinajstić information content (AvgIpc) is 2.70. The van der Waals surface area contributed by atoms with Crippen molar-refractivity contribution in [1.82, 2.24) is 10.2 Å². The lowest BCUT2D eigenvalue weighted by Gasteiger charge is -2.38. The normalized spacial score (nSPS) is 16.1. The topological polar surface area (TPSA) is 93.9 Å². The smallest absolute Gasteiger partial charge is 0.311 e. The van der Waals surface area contributed by atoms with E-state index in [1.807, 2.05) is 0 Å². The first-order valence-corrected chi connectivity index (χ1v) is 9.44. The van der Waals surface area contributed by atoms with Crippen LogP contribution in [-0.2, 0) is 4.74 Å². The molecule has 0 radical (unpaired) electrons. The van der Waals surface area contributed by atoms with Gasteiger partial charge in [-0.25, -0.2) is 0 Å². The number of nitrogens with one attached hydrogen (secondary N) is 1. The zero-order chi connectivity index (χ0) is 19.8. The summed E-state index contributed by atoms with van der Waals surface area (Å²) >= 11 is 0. The Morgan fingerprint density at radius 2 is 2.00 bits per heavy atom. The Kier molecular flexibility index (Phi) is 7.99. The van der Waals surface area contributed by atoms with E-state index in [1.54, 1.807) is 6.07 Å². The monoisotopic (exact) mass is 379 g/mol. The second kappa shape index (κ2) is 10.2. The Labute approximate surface area is 160 Å². The van der Waals surface area contributed by atoms with E-state index >= 15 is 0 Å². The number of methoxy groups -OCH3 is 1. The van der Waals surface area contributed by atoms with Gasteiger partial charge in [0.15, 0.2) is 5.75 Å². The van der Waals surface area contributed by atoms with Gasteiger partial charge in [0.25, 0.3) is 5.91 Å². The van der Waals surface area contributed by atoms with Crippen molar-refractivity contribution in [3.63, 3.8) is 0 Å². The Bertz CT molecular complexity index is 642. The molecule has 2 rings (SSSR count). The zero-order valence-corrected chi connectivity index (χ0v) is 16.3. The number of nitrogens with zero attached hydrogens (tertiary/aromatic N) is 2. The van der Waals surface area contributed by atoms with Crippen molar-refractivity contribution in [2.75, 3.05) is 40.0 Å². The summed E-state index contributed by atoms with van der Waals surface area (Å²) in [5.41, 5.74) is 0.0441. The molecule has 1 heterocycles. The Balaban J connectivity index is 2.10. The molecule has 150 valence electrons. The van der Waals surface area contributed by atoms with Crippen molar-refractivity contribution in [2.24, 2.45) is 5.92 Å². The number of hydrogen-bond acceptors (Lipinski definition) is 6. The second-order valence-corrected chi connectivity index (χ2v) is 6.65. The molecule has 1 unspecified atom stereocenters. The molecule has 8 nitrogen and oxygen atoms in total. The van der Waals surface area contributed by atoms with Gasteiger partial charge < -0.3 is 14.8 Å². The lowest BCUT2D eigenvalue weighted by Crippen LogP contribution is -2.52. The summed E-state index contributed by atoms with van der Waals surface area (Å²) < 4.78 is 10.4. The average molecular weight is 379 g/mol. The van der Waals surface area contributed by atoms with Gasteiger partial charge in [-0.2, -0.15) is 0 Å². The van der Waals surface area contributed by atoms with Crippen LogP contribution in [-0.4, -0.2) is 61.7 Å². The minimum Gasteiger partial charge on any atom is -0.490 e. The third-order valence-electron chi connectivity index (χ3n) is 5.22. The first-order valence-electron chi connectivity index (χ1n) is 9.44. The second-order valence-electron chi connectivity index (χ2n) is 6.65. The number of rotatable bonds is 9. The number of ether oxygens (including phenoxy) is 2. The van der Waals surface area contributed by atoms with Crippen molar-refractivity contribution in [1.29, 1.82) is 0 Å². The number of carbonyl (C=O) groups is 1. The number of morpholine rings is 1. The van der Waals surface area contributed by atoms with Gasteiger partial charge in [0, 0.05) is 37.3 Å². The van der Waals surface area contributed by atoms with Gasteiger partial charge in [0.1, 0.15) is 0 Å². The first kappa shape index (κ1) is 21.1. The quantitative estimate of drug-likeness (QED) is 0.523. The van der Waals surface area contributed by atoms with Gasteiger partial charge in [0.05, 0.1) is 25.2 Å². The van der Waals surface area contributed by atoms with E-state index < -0.39 is 4.92 Å². The summed E-state index contributed by atoms with van der Waals surface area (Å²) in [5.74, 6) is 0.290. The number of hydrogen-bond donors (Lipinski definition) is 1. The van der Waals surface area contributed by atoms with Crippen LogP contribution >= 0.6 is 0 Å². The molecule has 27 heavy (non-hydrogen) atoms. The van der Waals surface area contributed by atoms with E-state index in [0.29, 0.717) is 25.7 Å². The molecule has 1 aliphatic rings. The molecule has 8 heteroatoms. The van der Waals surface area contributed by atoms with E-state index in [4.69, 9.17) is 9.47 Å². The maximum Gasteiger partial charge on any atom is 0.311 e. The molecule has 1 aromatic rings. The van der Waals surface area contributed by atoms with Crippen LogP contribution in [0.4, 0.5) is 5.69 Å². The van der Waals surface area contributed by atoms with Crippen molar-refractivity contribution in [3.8, 4) is 5.75 Å². The Morgan fingerprint density at radius 1 is 1.33 bits per heavy atom. The van der Waals surface area contributed by atoms with E-state index in [1.165, 1.54) is 19.2 Å². The third kappa shape index (κ3) is 5.40. The molecule has 1 amide bonds. The van der Waals surface area contributed by atoms with Gasteiger partial charge in [-0.05, 0) is 18.1 Å². The first-order chi connectivity index (χ1) is 13.0. The summed E-state index contributed by atoms with van der Waals surface area (Å²) in [6.07, 6.45) is 2.06. The van der Waals surface area contributed by atoms with Crippen molar-refractivity contribution in [3.05, 3.63) is 33.9 Å². The summed E-state index contributed by atoms with van der Waals surface area (Å²) in [4.78, 5) is 25.6. The minimum absolute atomic E-state index is 0.139. The van der Waals surface area contributed by atoms with Gasteiger partial charge in [-0.3, -0.25) is 19.8 Å². The van der Waals surface area contributed by atoms with E-state index in [-0.39, 0.29) is 28.9 Å². The van der Waals surface area contributed by atoms with Crippen LogP contribution in [0.25, 0.3) is 0 Å². The molecule has 1 N–H and O–H groups in total. The van der Waals surface area contributed by atoms with Gasteiger partial charge in [0.2, 0.25) is 0 Å². The fourth-order valence-corrected chi connectivity index (χ4v) is 3.61. The Morgan fingerprint density at radius 3 is 2.56 bits per heavy atom. The van der Waals surface area contributed by atoms with Crippen LogP contribution in [0, 0.1) is 16.0 Å². The van der Waals surface area contributed by atoms with Crippen LogP contribution < -0.4 is 10.1 Å². The minimum atomic E-state index is -0.545. The molecule has 0 saturated carbocycles. The highest BCUT2D eigenvalue weighted by atomic mass is 16.6. The molecule has 1 saturated heterocycles. The SMILES string of the molecule is CCC(CC)C(CNC(=O)c1ccc(OC)c([N+](=O)[O-])c1)N1CCOCC1. The van der Waals surface area contributed by atoms with Crippen LogP contribution in [0.1, 0.15) is 37.0 Å². The molecule has 1 aliphatic heterocycles. The predicted octanol–water partition coefficient (Wildman–Crippen LogP) is 2.47. The van der Waals surface area contributed by atoms with Crippen molar-refractivity contribution >= 4 is 11.6 Å². The summed E-state index contributed by atoms with van der Waals surface area (Å²) in [5, 5.41) is 14.1. The summed E-state index contributed by atoms with van der Waals surface area (Å²) in [6.45, 7) is 7.94. The molecule has 1 fully saturated rings. The van der Waals surface area contributed by atoms with E-state index in [2.05, 4.69) is 24.1 Å². The van der Waals surface area contributed by atoms with E-state index in [9.17, 15) is 14.9 Å². The van der Waals surface area contributed by atoms with E-state index in [0.717, 1.165) is 25.9 Å². The largest absolute Gasteiger partial charge is 0.490 e. The summed E-state index contributed by atoms with van der Waals surface area (Å²) in [6, 6.07) is 4.48. The molecule has 0 spiro atoms. The molecular formula is C19H29N3O5. The van der Waals surface area contributed by atoms with Gasteiger partial charge >= 0.3 is 5.69 Å². The van der Waals surface area contributed by atoms with Gasteiger partial charge in [-0.15, -0.1) is 0 Å². The van der Waals surface area contributed by atoms with Crippen molar-refractivity contribution in [2.45, 2.75) is 32.7 Å². The van der Waals surface area contributed by atoms with Crippen LogP contribution in [0.15, 0.2) is 18.2 Å². The highest BCUT2D eigenvalue weighted by molar-refractivity contribution is 5.95. The molecular weight excluding hydrogens is 350 g/mol. The molecule has 0 aromatic heterocycles. The van der Waals surface area contributed by atoms with Crippen LogP contribution in [0.2, 0.25) is 0 Å². The lowest BCUT2D eigenvalue weighted by atomic mass is 9.92. The highest BCUT2D eigenvalue weighted by Crippen LogP contribution is 2.27. The molecule has 0 bridgehead atoms. The number of nitro groups is 1. The number of benzene rings is 1. The lowest BCUT2D eigenvalue weighted by molar-refractivity contribution is -0.385.